The number of pyridine rings is 1. The van der Waals surface area contributed by atoms with E-state index in [9.17, 15) is 8.78 Å². The van der Waals surface area contributed by atoms with Gasteiger partial charge in [0.2, 0.25) is 5.92 Å². The Morgan fingerprint density at radius 1 is 1.28 bits per heavy atom. The quantitative estimate of drug-likeness (QED) is 0.908. The van der Waals surface area contributed by atoms with Crippen molar-refractivity contribution in [2.24, 2.45) is 0 Å². The minimum absolute atomic E-state index is 0.0881. The molecule has 1 aliphatic rings. The lowest BCUT2D eigenvalue weighted by Crippen LogP contribution is -2.34. The van der Waals surface area contributed by atoms with Crippen molar-refractivity contribution in [2.45, 2.75) is 31.1 Å². The van der Waals surface area contributed by atoms with Gasteiger partial charge in [-0.1, -0.05) is 0 Å². The average Bonchev–Trinajstić information content (AvgIpc) is 2.75. The number of nitrogens with zero attached hydrogens (tertiary/aromatic N) is 2. The van der Waals surface area contributed by atoms with Crippen molar-refractivity contribution in [1.29, 1.82) is 0 Å². The molecule has 1 fully saturated rings. The Hall–Kier alpha value is -1.78. The van der Waals surface area contributed by atoms with Crippen molar-refractivity contribution in [3.63, 3.8) is 0 Å². The van der Waals surface area contributed by atoms with Gasteiger partial charge in [0.15, 0.2) is 0 Å². The molecule has 0 bridgehead atoms. The van der Waals surface area contributed by atoms with E-state index in [0.717, 1.165) is 17.7 Å². The van der Waals surface area contributed by atoms with Crippen molar-refractivity contribution >= 4 is 0 Å². The van der Waals surface area contributed by atoms with Crippen LogP contribution in [-0.2, 0) is 6.42 Å². The van der Waals surface area contributed by atoms with Crippen LogP contribution in [0.25, 0.3) is 0 Å². The zero-order valence-corrected chi connectivity index (χ0v) is 9.74. The lowest BCUT2D eigenvalue weighted by Gasteiger charge is -2.33. The number of alkyl halides is 2. The van der Waals surface area contributed by atoms with E-state index < -0.39 is 5.92 Å². The topological polar surface area (TPSA) is 41.6 Å². The largest absolute Gasteiger partial charge is 0.345 e. The number of imidazole rings is 1. The van der Waals surface area contributed by atoms with Crippen LogP contribution in [-0.4, -0.2) is 20.9 Å². The number of rotatable bonds is 3. The first-order chi connectivity index (χ1) is 8.62. The minimum atomic E-state index is -2.50. The van der Waals surface area contributed by atoms with E-state index in [2.05, 4.69) is 15.0 Å². The number of hydrogen-bond donors (Lipinski definition) is 1. The molecule has 2 heterocycles. The van der Waals surface area contributed by atoms with E-state index >= 15 is 0 Å². The van der Waals surface area contributed by atoms with E-state index in [1.54, 1.807) is 18.6 Å². The Bertz CT molecular complexity index is 528. The Kier molecular flexibility index (Phi) is 2.61. The third kappa shape index (κ3) is 2.25. The number of H-pyrrole nitrogens is 1. The molecule has 2 aromatic heterocycles. The fraction of sp³-hybridized carbons (Fsp3) is 0.385. The monoisotopic (exact) mass is 249 g/mol. The standard InChI is InChI=1S/C13H13F2N3/c14-13(15)6-10(7-13)12-17-8-11(18-12)5-9-1-3-16-4-2-9/h1-4,8,10H,5-7H2,(H,17,18). The van der Waals surface area contributed by atoms with Gasteiger partial charge >= 0.3 is 0 Å². The van der Waals surface area contributed by atoms with Crippen LogP contribution in [0.3, 0.4) is 0 Å². The summed E-state index contributed by atoms with van der Waals surface area (Å²) in [5.74, 6) is -1.93. The molecule has 3 nitrogen and oxygen atoms in total. The minimum Gasteiger partial charge on any atom is -0.345 e. The van der Waals surface area contributed by atoms with E-state index in [-0.39, 0.29) is 18.8 Å². The van der Waals surface area contributed by atoms with Gasteiger partial charge in [0.25, 0.3) is 0 Å². The maximum Gasteiger partial charge on any atom is 0.249 e. The fourth-order valence-electron chi connectivity index (χ4n) is 2.25. The predicted molar refractivity (Wildman–Crippen MR) is 62.6 cm³/mol. The summed E-state index contributed by atoms with van der Waals surface area (Å²) in [7, 11) is 0. The van der Waals surface area contributed by atoms with Crippen LogP contribution < -0.4 is 0 Å². The molecule has 0 radical (unpaired) electrons. The number of aromatic nitrogens is 3. The molecule has 0 atom stereocenters. The van der Waals surface area contributed by atoms with Gasteiger partial charge in [-0.25, -0.2) is 13.8 Å². The van der Waals surface area contributed by atoms with Crippen molar-refractivity contribution in [3.8, 4) is 0 Å². The first-order valence-corrected chi connectivity index (χ1v) is 5.93. The molecule has 1 aliphatic carbocycles. The van der Waals surface area contributed by atoms with Crippen LogP contribution in [0.15, 0.2) is 30.7 Å². The van der Waals surface area contributed by atoms with E-state index in [4.69, 9.17) is 0 Å². The van der Waals surface area contributed by atoms with Gasteiger partial charge in [-0.2, -0.15) is 0 Å². The third-order valence-electron chi connectivity index (χ3n) is 3.27. The molecule has 5 heteroatoms. The van der Waals surface area contributed by atoms with Crippen LogP contribution >= 0.6 is 0 Å². The van der Waals surface area contributed by atoms with E-state index in [1.165, 1.54) is 0 Å². The summed E-state index contributed by atoms with van der Waals surface area (Å²) < 4.78 is 25.6. The van der Waals surface area contributed by atoms with Crippen LogP contribution in [0.4, 0.5) is 8.78 Å². The summed E-state index contributed by atoms with van der Waals surface area (Å²) in [4.78, 5) is 11.3. The van der Waals surface area contributed by atoms with Crippen LogP contribution in [0.2, 0.25) is 0 Å². The maximum absolute atomic E-state index is 12.8. The maximum atomic E-state index is 12.8. The van der Waals surface area contributed by atoms with Crippen LogP contribution in [0.5, 0.6) is 0 Å². The van der Waals surface area contributed by atoms with Crippen molar-refractivity contribution in [1.82, 2.24) is 15.0 Å². The Labute approximate surface area is 103 Å². The van der Waals surface area contributed by atoms with Gasteiger partial charge in [0, 0.05) is 49.5 Å². The summed E-state index contributed by atoms with van der Waals surface area (Å²) in [5.41, 5.74) is 2.07. The Morgan fingerprint density at radius 3 is 2.67 bits per heavy atom. The summed E-state index contributed by atoms with van der Waals surface area (Å²) in [6.07, 6.45) is 5.74. The molecule has 0 spiro atoms. The number of halogens is 2. The second kappa shape index (κ2) is 4.15. The second-order valence-electron chi connectivity index (χ2n) is 4.79. The van der Waals surface area contributed by atoms with Gasteiger partial charge in [0.1, 0.15) is 5.82 Å². The van der Waals surface area contributed by atoms with Crippen molar-refractivity contribution < 1.29 is 8.78 Å². The lowest BCUT2D eigenvalue weighted by atomic mass is 9.81. The highest BCUT2D eigenvalue weighted by Crippen LogP contribution is 2.47. The fourth-order valence-corrected chi connectivity index (χ4v) is 2.25. The molecule has 3 rings (SSSR count). The van der Waals surface area contributed by atoms with Gasteiger partial charge < -0.3 is 4.98 Å². The Morgan fingerprint density at radius 2 is 2.00 bits per heavy atom. The Balaban J connectivity index is 1.67. The van der Waals surface area contributed by atoms with E-state index in [1.807, 2.05) is 12.1 Å². The van der Waals surface area contributed by atoms with E-state index in [0.29, 0.717) is 5.82 Å². The molecule has 18 heavy (non-hydrogen) atoms. The highest BCUT2D eigenvalue weighted by atomic mass is 19.3. The molecular weight excluding hydrogens is 236 g/mol. The van der Waals surface area contributed by atoms with Crippen LogP contribution in [0.1, 0.15) is 35.8 Å². The van der Waals surface area contributed by atoms with Gasteiger partial charge in [-0.15, -0.1) is 0 Å². The first kappa shape index (κ1) is 11.3. The number of hydrogen-bond acceptors (Lipinski definition) is 2. The normalized spacial score (nSPS) is 18.6. The molecule has 2 aromatic rings. The molecule has 1 saturated carbocycles. The SMILES string of the molecule is FC1(F)CC(c2ncc(Cc3ccncc3)[nH]2)C1. The zero-order chi connectivity index (χ0) is 12.6. The van der Waals surface area contributed by atoms with Crippen molar-refractivity contribution in [2.75, 3.05) is 0 Å². The smallest absolute Gasteiger partial charge is 0.249 e. The number of aromatic amines is 1. The molecule has 0 saturated heterocycles. The van der Waals surface area contributed by atoms with Crippen LogP contribution in [0, 0.1) is 0 Å². The van der Waals surface area contributed by atoms with Gasteiger partial charge in [-0.3, -0.25) is 4.98 Å². The third-order valence-corrected chi connectivity index (χ3v) is 3.27. The molecule has 0 amide bonds. The number of nitrogens with one attached hydrogen (secondary N) is 1. The molecule has 94 valence electrons. The molecule has 1 N–H and O–H groups in total. The molecule has 0 aromatic carbocycles. The predicted octanol–water partition coefficient (Wildman–Crippen LogP) is 2.91. The summed E-state index contributed by atoms with van der Waals surface area (Å²) >= 11 is 0. The summed E-state index contributed by atoms with van der Waals surface area (Å²) in [5, 5.41) is 0. The van der Waals surface area contributed by atoms with Crippen molar-refractivity contribution in [3.05, 3.63) is 47.8 Å². The summed E-state index contributed by atoms with van der Waals surface area (Å²) in [6, 6.07) is 3.86. The zero-order valence-electron chi connectivity index (χ0n) is 9.74. The van der Waals surface area contributed by atoms with Gasteiger partial charge in [-0.05, 0) is 17.7 Å². The highest BCUT2D eigenvalue weighted by molar-refractivity contribution is 5.19. The molecule has 0 aliphatic heterocycles. The molecule has 0 unspecified atom stereocenters. The van der Waals surface area contributed by atoms with Gasteiger partial charge in [0.05, 0.1) is 0 Å². The average molecular weight is 249 g/mol. The lowest BCUT2D eigenvalue weighted by molar-refractivity contribution is -0.0883. The highest BCUT2D eigenvalue weighted by Gasteiger charge is 2.47. The summed E-state index contributed by atoms with van der Waals surface area (Å²) in [6.45, 7) is 0. The molecular formula is C13H13F2N3. The first-order valence-electron chi connectivity index (χ1n) is 5.93. The second-order valence-corrected chi connectivity index (χ2v) is 4.79.